The molecule has 0 bridgehead atoms. The topological polar surface area (TPSA) is 62.1 Å². The van der Waals surface area contributed by atoms with Crippen LogP contribution >= 0.6 is 38.5 Å². The molecule has 0 radical (unpaired) electrons. The summed E-state index contributed by atoms with van der Waals surface area (Å²) in [6.07, 6.45) is 0. The van der Waals surface area contributed by atoms with Gasteiger partial charge in [-0.15, -0.1) is 0 Å². The van der Waals surface area contributed by atoms with Crippen molar-refractivity contribution < 1.29 is 9.53 Å². The quantitative estimate of drug-likeness (QED) is 0.701. The zero-order chi connectivity index (χ0) is 15.2. The maximum absolute atomic E-state index is 12.3. The zero-order valence-electron chi connectivity index (χ0n) is 10.8. The maximum atomic E-state index is 12.3. The second-order valence-corrected chi connectivity index (χ2v) is 6.15. The highest BCUT2D eigenvalue weighted by molar-refractivity contribution is 14.1. The van der Waals surface area contributed by atoms with Crippen molar-refractivity contribution in [3.63, 3.8) is 0 Å². The Labute approximate surface area is 144 Å². The molecular weight excluding hydrogens is 447 g/mol. The first kappa shape index (κ1) is 15.8. The molecule has 2 rings (SSSR count). The summed E-state index contributed by atoms with van der Waals surface area (Å²) in [6, 6.07) is 14.4. The molecule has 106 valence electrons. The number of benzene rings is 2. The Kier molecular flexibility index (Phi) is 5.59. The van der Waals surface area contributed by atoms with E-state index in [0.717, 1.165) is 8.04 Å². The van der Waals surface area contributed by atoms with Gasteiger partial charge in [-0.25, -0.2) is 0 Å². The van der Waals surface area contributed by atoms with E-state index in [1.807, 2.05) is 18.2 Å². The fourth-order valence-electron chi connectivity index (χ4n) is 1.65. The first-order valence-electron chi connectivity index (χ1n) is 5.96. The Hall–Kier alpha value is -1.59. The molecule has 0 aliphatic carbocycles. The second kappa shape index (κ2) is 7.43. The van der Waals surface area contributed by atoms with Gasteiger partial charge in [0.15, 0.2) is 6.61 Å². The molecule has 2 aromatic rings. The number of halogens is 2. The lowest BCUT2D eigenvalue weighted by atomic mass is 10.2. The first-order valence-corrected chi connectivity index (χ1v) is 7.83. The lowest BCUT2D eigenvalue weighted by molar-refractivity contribution is 0.102. The molecule has 1 N–H and O–H groups in total. The molecule has 0 spiro atoms. The molecule has 0 saturated carbocycles. The van der Waals surface area contributed by atoms with Crippen LogP contribution in [0, 0.1) is 14.9 Å². The normalized spacial score (nSPS) is 9.76. The number of nitrogens with one attached hydrogen (secondary N) is 1. The summed E-state index contributed by atoms with van der Waals surface area (Å²) in [7, 11) is 0. The van der Waals surface area contributed by atoms with Gasteiger partial charge in [0, 0.05) is 19.8 Å². The number of hydrogen-bond acceptors (Lipinski definition) is 3. The summed E-state index contributed by atoms with van der Waals surface area (Å²) in [5, 5.41) is 11.3. The third kappa shape index (κ3) is 4.44. The number of anilines is 1. The van der Waals surface area contributed by atoms with E-state index in [2.05, 4.69) is 43.8 Å². The highest BCUT2D eigenvalue weighted by atomic mass is 127. The predicted octanol–water partition coefficient (Wildman–Crippen LogP) is 4.21. The Morgan fingerprint density at radius 2 is 2.14 bits per heavy atom. The SMILES string of the molecule is N#CCOc1cccc(NC(=O)c2cc(I)ccc2Br)c1. The average molecular weight is 457 g/mol. The highest BCUT2D eigenvalue weighted by Crippen LogP contribution is 2.22. The van der Waals surface area contributed by atoms with E-state index >= 15 is 0 Å². The standard InChI is InChI=1S/C15H10BrIN2O2/c16-14-5-4-10(17)8-13(14)15(20)19-11-2-1-3-12(9-11)21-7-6-18/h1-5,8-9H,7H2,(H,19,20). The number of ether oxygens (including phenoxy) is 1. The predicted molar refractivity (Wildman–Crippen MR) is 92.4 cm³/mol. The van der Waals surface area contributed by atoms with Crippen LogP contribution in [0.2, 0.25) is 0 Å². The van der Waals surface area contributed by atoms with Crippen molar-refractivity contribution in [1.29, 1.82) is 5.26 Å². The van der Waals surface area contributed by atoms with Gasteiger partial charge >= 0.3 is 0 Å². The van der Waals surface area contributed by atoms with Crippen LogP contribution < -0.4 is 10.1 Å². The van der Waals surface area contributed by atoms with Crippen molar-refractivity contribution in [3.8, 4) is 11.8 Å². The third-order valence-electron chi connectivity index (χ3n) is 2.57. The molecule has 6 heteroatoms. The van der Waals surface area contributed by atoms with Gasteiger partial charge in [-0.2, -0.15) is 5.26 Å². The van der Waals surface area contributed by atoms with Crippen molar-refractivity contribution in [2.24, 2.45) is 0 Å². The number of nitriles is 1. The first-order chi connectivity index (χ1) is 10.1. The summed E-state index contributed by atoms with van der Waals surface area (Å²) >= 11 is 5.52. The summed E-state index contributed by atoms with van der Waals surface area (Å²) < 4.78 is 6.92. The van der Waals surface area contributed by atoms with Crippen molar-refractivity contribution in [1.82, 2.24) is 0 Å². The Balaban J connectivity index is 2.16. The minimum absolute atomic E-state index is 0.0279. The van der Waals surface area contributed by atoms with Gasteiger partial charge in [-0.05, 0) is 68.9 Å². The van der Waals surface area contributed by atoms with Gasteiger partial charge in [-0.3, -0.25) is 4.79 Å². The molecule has 21 heavy (non-hydrogen) atoms. The minimum Gasteiger partial charge on any atom is -0.479 e. The maximum Gasteiger partial charge on any atom is 0.256 e. The number of carbonyl (C=O) groups is 1. The van der Waals surface area contributed by atoms with E-state index in [9.17, 15) is 4.79 Å². The lowest BCUT2D eigenvalue weighted by Crippen LogP contribution is -2.12. The van der Waals surface area contributed by atoms with Crippen LogP contribution in [0.3, 0.4) is 0 Å². The Morgan fingerprint density at radius 1 is 1.33 bits per heavy atom. The van der Waals surface area contributed by atoms with Crippen LogP contribution in [-0.2, 0) is 0 Å². The van der Waals surface area contributed by atoms with E-state index in [-0.39, 0.29) is 12.5 Å². The molecule has 0 fully saturated rings. The van der Waals surface area contributed by atoms with Gasteiger partial charge in [-0.1, -0.05) is 6.07 Å². The van der Waals surface area contributed by atoms with Gasteiger partial charge in [0.1, 0.15) is 11.8 Å². The summed E-state index contributed by atoms with van der Waals surface area (Å²) in [5.74, 6) is 0.328. The fraction of sp³-hybridized carbons (Fsp3) is 0.0667. The van der Waals surface area contributed by atoms with Crippen LogP contribution in [-0.4, -0.2) is 12.5 Å². The number of carbonyl (C=O) groups excluding carboxylic acids is 1. The van der Waals surface area contributed by atoms with Crippen LogP contribution in [0.5, 0.6) is 5.75 Å². The molecule has 0 heterocycles. The summed E-state index contributed by atoms with van der Waals surface area (Å²) in [4.78, 5) is 12.3. The third-order valence-corrected chi connectivity index (χ3v) is 3.93. The van der Waals surface area contributed by atoms with Gasteiger partial charge in [0.05, 0.1) is 5.56 Å². The average Bonchev–Trinajstić information content (AvgIpc) is 2.48. The van der Waals surface area contributed by atoms with Crippen LogP contribution in [0.4, 0.5) is 5.69 Å². The van der Waals surface area contributed by atoms with Gasteiger partial charge < -0.3 is 10.1 Å². The molecular formula is C15H10BrIN2O2. The molecule has 0 unspecified atom stereocenters. The van der Waals surface area contributed by atoms with Gasteiger partial charge in [0.25, 0.3) is 5.91 Å². The number of nitrogens with zero attached hydrogens (tertiary/aromatic N) is 1. The van der Waals surface area contributed by atoms with E-state index < -0.39 is 0 Å². The molecule has 0 aromatic heterocycles. The van der Waals surface area contributed by atoms with E-state index in [4.69, 9.17) is 10.00 Å². The summed E-state index contributed by atoms with van der Waals surface area (Å²) in [5.41, 5.74) is 1.17. The van der Waals surface area contributed by atoms with Crippen molar-refractivity contribution >= 4 is 50.1 Å². The monoisotopic (exact) mass is 456 g/mol. The van der Waals surface area contributed by atoms with Gasteiger partial charge in [0.2, 0.25) is 0 Å². The van der Waals surface area contributed by atoms with E-state index in [0.29, 0.717) is 17.0 Å². The molecule has 0 atom stereocenters. The largest absolute Gasteiger partial charge is 0.479 e. The summed E-state index contributed by atoms with van der Waals surface area (Å²) in [6.45, 7) is -0.0279. The van der Waals surface area contributed by atoms with Crippen LogP contribution in [0.15, 0.2) is 46.9 Å². The smallest absolute Gasteiger partial charge is 0.256 e. The fourth-order valence-corrected chi connectivity index (χ4v) is 2.57. The molecule has 1 amide bonds. The molecule has 4 nitrogen and oxygen atoms in total. The minimum atomic E-state index is -0.210. The van der Waals surface area contributed by atoms with Crippen molar-refractivity contribution in [2.45, 2.75) is 0 Å². The van der Waals surface area contributed by atoms with Crippen LogP contribution in [0.1, 0.15) is 10.4 Å². The van der Waals surface area contributed by atoms with E-state index in [1.165, 1.54) is 0 Å². The molecule has 0 saturated heterocycles. The number of amides is 1. The molecule has 0 aliphatic rings. The van der Waals surface area contributed by atoms with E-state index in [1.54, 1.807) is 30.3 Å². The lowest BCUT2D eigenvalue weighted by Gasteiger charge is -2.09. The number of rotatable bonds is 4. The van der Waals surface area contributed by atoms with Crippen LogP contribution in [0.25, 0.3) is 0 Å². The van der Waals surface area contributed by atoms with Crippen molar-refractivity contribution in [3.05, 3.63) is 56.1 Å². The van der Waals surface area contributed by atoms with Crippen molar-refractivity contribution in [2.75, 3.05) is 11.9 Å². The zero-order valence-corrected chi connectivity index (χ0v) is 14.5. The second-order valence-electron chi connectivity index (χ2n) is 4.05. The molecule has 0 aliphatic heterocycles. The number of hydrogen-bond donors (Lipinski definition) is 1. The Morgan fingerprint density at radius 3 is 2.90 bits per heavy atom. The highest BCUT2D eigenvalue weighted by Gasteiger charge is 2.11. The molecule has 2 aromatic carbocycles. The Bertz CT molecular complexity index is 713.